The molecule has 0 amide bonds. The van der Waals surface area contributed by atoms with Gasteiger partial charge in [-0.2, -0.15) is 0 Å². The molecule has 0 saturated carbocycles. The fraction of sp³-hybridized carbons (Fsp3) is 0.111. The van der Waals surface area contributed by atoms with Gasteiger partial charge in [0.15, 0.2) is 6.29 Å². The molecule has 2 aromatic carbocycles. The van der Waals surface area contributed by atoms with Gasteiger partial charge in [-0.25, -0.2) is 4.98 Å². The molecule has 5 heteroatoms. The van der Waals surface area contributed by atoms with Crippen LogP contribution >= 0.6 is 11.3 Å². The van der Waals surface area contributed by atoms with E-state index in [-0.39, 0.29) is 0 Å². The van der Waals surface area contributed by atoms with Crippen molar-refractivity contribution in [2.45, 2.75) is 6.61 Å². The van der Waals surface area contributed by atoms with E-state index in [1.165, 1.54) is 0 Å². The van der Waals surface area contributed by atoms with E-state index < -0.39 is 0 Å². The van der Waals surface area contributed by atoms with Crippen LogP contribution in [0.1, 0.15) is 16.1 Å². The van der Waals surface area contributed by atoms with Gasteiger partial charge >= 0.3 is 0 Å². The summed E-state index contributed by atoms with van der Waals surface area (Å²) in [5.41, 5.74) is 2.38. The fourth-order valence-electron chi connectivity index (χ4n) is 2.12. The molecule has 0 radical (unpaired) electrons. The Morgan fingerprint density at radius 3 is 2.74 bits per heavy atom. The highest BCUT2D eigenvalue weighted by Crippen LogP contribution is 2.26. The number of thiazole rings is 1. The summed E-state index contributed by atoms with van der Waals surface area (Å²) in [4.78, 5) is 15.7. The van der Waals surface area contributed by atoms with Crippen LogP contribution in [0.2, 0.25) is 0 Å². The van der Waals surface area contributed by atoms with Crippen molar-refractivity contribution in [1.82, 2.24) is 4.98 Å². The zero-order chi connectivity index (χ0) is 16.1. The van der Waals surface area contributed by atoms with Crippen molar-refractivity contribution < 1.29 is 14.3 Å². The SMILES string of the molecule is COc1ccc(OCc2csc(-c3ccccc3)n2)c(C=O)c1. The van der Waals surface area contributed by atoms with E-state index >= 15 is 0 Å². The van der Waals surface area contributed by atoms with Crippen LogP contribution in [-0.4, -0.2) is 18.4 Å². The third-order valence-corrected chi connectivity index (χ3v) is 4.23. The monoisotopic (exact) mass is 325 g/mol. The number of aldehydes is 1. The Bertz CT molecular complexity index is 799. The molecule has 0 aliphatic heterocycles. The summed E-state index contributed by atoms with van der Waals surface area (Å²) in [5.74, 6) is 1.15. The Balaban J connectivity index is 1.72. The molecular formula is C18H15NO3S. The average molecular weight is 325 g/mol. The van der Waals surface area contributed by atoms with Crippen molar-refractivity contribution in [1.29, 1.82) is 0 Å². The van der Waals surface area contributed by atoms with E-state index in [1.54, 1.807) is 36.6 Å². The summed E-state index contributed by atoms with van der Waals surface area (Å²) in [6.07, 6.45) is 0.758. The molecule has 0 fully saturated rings. The number of hydrogen-bond donors (Lipinski definition) is 0. The molecule has 0 spiro atoms. The molecule has 116 valence electrons. The van der Waals surface area contributed by atoms with Crippen molar-refractivity contribution >= 4 is 17.6 Å². The molecule has 0 N–H and O–H groups in total. The van der Waals surface area contributed by atoms with Crippen LogP contribution in [0.3, 0.4) is 0 Å². The highest BCUT2D eigenvalue weighted by Gasteiger charge is 2.08. The minimum atomic E-state index is 0.316. The minimum Gasteiger partial charge on any atom is -0.497 e. The largest absolute Gasteiger partial charge is 0.497 e. The number of benzene rings is 2. The summed E-state index contributed by atoms with van der Waals surface area (Å²) in [7, 11) is 1.56. The van der Waals surface area contributed by atoms with Gasteiger partial charge in [-0.3, -0.25) is 4.79 Å². The second-order valence-corrected chi connectivity index (χ2v) is 5.68. The van der Waals surface area contributed by atoms with Crippen LogP contribution < -0.4 is 9.47 Å². The minimum absolute atomic E-state index is 0.316. The first-order chi connectivity index (χ1) is 11.3. The third kappa shape index (κ3) is 3.57. The fourth-order valence-corrected chi connectivity index (χ4v) is 2.93. The quantitative estimate of drug-likeness (QED) is 0.637. The maximum Gasteiger partial charge on any atom is 0.153 e. The van der Waals surface area contributed by atoms with E-state index in [2.05, 4.69) is 4.98 Å². The lowest BCUT2D eigenvalue weighted by Gasteiger charge is -2.08. The van der Waals surface area contributed by atoms with Crippen LogP contribution in [-0.2, 0) is 6.61 Å². The molecule has 23 heavy (non-hydrogen) atoms. The zero-order valence-electron chi connectivity index (χ0n) is 12.6. The van der Waals surface area contributed by atoms with Gasteiger partial charge in [0.2, 0.25) is 0 Å². The maximum absolute atomic E-state index is 11.1. The maximum atomic E-state index is 11.1. The lowest BCUT2D eigenvalue weighted by molar-refractivity contribution is 0.111. The number of ether oxygens (including phenoxy) is 2. The Morgan fingerprint density at radius 1 is 1.17 bits per heavy atom. The van der Waals surface area contributed by atoms with Gasteiger partial charge in [-0.1, -0.05) is 30.3 Å². The second-order valence-electron chi connectivity index (χ2n) is 4.82. The molecule has 4 nitrogen and oxygen atoms in total. The van der Waals surface area contributed by atoms with Gasteiger partial charge in [0.05, 0.1) is 18.4 Å². The number of aromatic nitrogens is 1. The van der Waals surface area contributed by atoms with Crippen LogP contribution in [0.25, 0.3) is 10.6 Å². The van der Waals surface area contributed by atoms with E-state index in [1.807, 2.05) is 35.7 Å². The molecule has 3 rings (SSSR count). The Hall–Kier alpha value is -2.66. The standard InChI is InChI=1S/C18H15NO3S/c1-21-16-7-8-17(14(9-16)10-20)22-11-15-12-23-18(19-15)13-5-3-2-4-6-13/h2-10,12H,11H2,1H3. The van der Waals surface area contributed by atoms with E-state index in [0.717, 1.165) is 22.6 Å². The van der Waals surface area contributed by atoms with Crippen molar-refractivity contribution in [3.63, 3.8) is 0 Å². The van der Waals surface area contributed by atoms with Crippen molar-refractivity contribution in [2.75, 3.05) is 7.11 Å². The molecular weight excluding hydrogens is 310 g/mol. The smallest absolute Gasteiger partial charge is 0.153 e. The number of nitrogens with zero attached hydrogens (tertiary/aromatic N) is 1. The molecule has 0 aliphatic carbocycles. The van der Waals surface area contributed by atoms with Crippen LogP contribution in [0.5, 0.6) is 11.5 Å². The van der Waals surface area contributed by atoms with Crippen LogP contribution in [0.4, 0.5) is 0 Å². The highest BCUT2D eigenvalue weighted by molar-refractivity contribution is 7.13. The summed E-state index contributed by atoms with van der Waals surface area (Å²) < 4.78 is 10.8. The van der Waals surface area contributed by atoms with E-state index in [9.17, 15) is 4.79 Å². The molecule has 0 aliphatic rings. The van der Waals surface area contributed by atoms with Gasteiger partial charge in [-0.05, 0) is 18.2 Å². The summed E-state index contributed by atoms with van der Waals surface area (Å²) in [6, 6.07) is 15.1. The number of rotatable bonds is 6. The van der Waals surface area contributed by atoms with Crippen molar-refractivity contribution in [3.05, 3.63) is 65.2 Å². The summed E-state index contributed by atoms with van der Waals surface area (Å²) in [5, 5.41) is 2.92. The molecule has 0 bridgehead atoms. The van der Waals surface area contributed by atoms with Gasteiger partial charge in [0.25, 0.3) is 0 Å². The van der Waals surface area contributed by atoms with Crippen molar-refractivity contribution in [2.24, 2.45) is 0 Å². The van der Waals surface area contributed by atoms with E-state index in [4.69, 9.17) is 9.47 Å². The lowest BCUT2D eigenvalue weighted by atomic mass is 10.2. The number of carbonyl (C=O) groups is 1. The van der Waals surface area contributed by atoms with Gasteiger partial charge < -0.3 is 9.47 Å². The van der Waals surface area contributed by atoms with E-state index in [0.29, 0.717) is 23.7 Å². The molecule has 0 unspecified atom stereocenters. The normalized spacial score (nSPS) is 10.3. The summed E-state index contributed by atoms with van der Waals surface area (Å²) in [6.45, 7) is 0.316. The summed E-state index contributed by atoms with van der Waals surface area (Å²) >= 11 is 1.57. The van der Waals surface area contributed by atoms with Crippen LogP contribution in [0.15, 0.2) is 53.9 Å². The topological polar surface area (TPSA) is 48.4 Å². The molecule has 1 aromatic heterocycles. The first kappa shape index (κ1) is 15.2. The average Bonchev–Trinajstić information content (AvgIpc) is 3.09. The van der Waals surface area contributed by atoms with Crippen LogP contribution in [0, 0.1) is 0 Å². The lowest BCUT2D eigenvalue weighted by Crippen LogP contribution is -1.99. The van der Waals surface area contributed by atoms with Gasteiger partial charge in [-0.15, -0.1) is 11.3 Å². The predicted molar refractivity (Wildman–Crippen MR) is 90.3 cm³/mol. The first-order valence-electron chi connectivity index (χ1n) is 7.06. The zero-order valence-corrected chi connectivity index (χ0v) is 13.4. The van der Waals surface area contributed by atoms with Gasteiger partial charge in [0.1, 0.15) is 23.1 Å². The third-order valence-electron chi connectivity index (χ3n) is 3.29. The molecule has 1 heterocycles. The Kier molecular flexibility index (Phi) is 4.68. The predicted octanol–water partition coefficient (Wildman–Crippen LogP) is 4.21. The highest BCUT2D eigenvalue weighted by atomic mass is 32.1. The molecule has 3 aromatic rings. The van der Waals surface area contributed by atoms with Gasteiger partial charge in [0, 0.05) is 10.9 Å². The first-order valence-corrected chi connectivity index (χ1v) is 7.94. The second kappa shape index (κ2) is 7.07. The molecule has 0 saturated heterocycles. The van der Waals surface area contributed by atoms with Crippen molar-refractivity contribution in [3.8, 4) is 22.1 Å². The Labute approximate surface area is 138 Å². The Morgan fingerprint density at radius 2 is 2.00 bits per heavy atom. The number of methoxy groups -OCH3 is 1. The number of hydrogen-bond acceptors (Lipinski definition) is 5. The number of carbonyl (C=O) groups excluding carboxylic acids is 1. The molecule has 0 atom stereocenters.